The molecule has 8 heteroatoms. The fraction of sp³-hybridized carbons (Fsp3) is 0.133. The summed E-state index contributed by atoms with van der Waals surface area (Å²) in [5.41, 5.74) is -0.135. The molecule has 0 radical (unpaired) electrons. The number of hydrogen-bond acceptors (Lipinski definition) is 3. The molecule has 0 atom stereocenters. The molecule has 0 unspecified atom stereocenters. The van der Waals surface area contributed by atoms with Crippen molar-refractivity contribution in [3.8, 4) is 0 Å². The summed E-state index contributed by atoms with van der Waals surface area (Å²) in [6, 6.07) is 8.91. The van der Waals surface area contributed by atoms with Gasteiger partial charge in [0, 0.05) is 17.5 Å². The maximum atomic E-state index is 12.7. The summed E-state index contributed by atoms with van der Waals surface area (Å²) < 4.78 is 48.4. The highest BCUT2D eigenvalue weighted by atomic mass is 35.5. The number of benzene rings is 2. The van der Waals surface area contributed by atoms with Gasteiger partial charge in [-0.05, 0) is 30.3 Å². The third-order valence-electron chi connectivity index (χ3n) is 3.01. The van der Waals surface area contributed by atoms with Crippen molar-refractivity contribution in [2.45, 2.75) is 11.3 Å². The van der Waals surface area contributed by atoms with Gasteiger partial charge in [-0.2, -0.15) is 0 Å². The lowest BCUT2D eigenvalue weighted by atomic mass is 10.1. The number of alkyl halides is 2. The van der Waals surface area contributed by atoms with Crippen LogP contribution in [0.15, 0.2) is 47.4 Å². The number of hydrogen-bond donors (Lipinski definition) is 1. The van der Waals surface area contributed by atoms with Gasteiger partial charge >= 0.3 is 0 Å². The van der Waals surface area contributed by atoms with Gasteiger partial charge < -0.3 is 5.32 Å². The Morgan fingerprint density at radius 3 is 2.48 bits per heavy atom. The molecule has 0 aliphatic heterocycles. The monoisotopic (exact) mass is 359 g/mol. The number of halogens is 3. The SMILES string of the molecule is CS(=O)(=O)c1ccc(Cl)c(C(=O)Nc2cccc(C(F)F)c2)c1. The summed E-state index contributed by atoms with van der Waals surface area (Å²) >= 11 is 5.91. The second-order valence-corrected chi connectivity index (χ2v) is 7.22. The molecule has 2 rings (SSSR count). The summed E-state index contributed by atoms with van der Waals surface area (Å²) in [5.74, 6) is -0.688. The van der Waals surface area contributed by atoms with Crippen LogP contribution in [0.2, 0.25) is 5.02 Å². The summed E-state index contributed by atoms with van der Waals surface area (Å²) in [4.78, 5) is 12.2. The van der Waals surface area contributed by atoms with E-state index >= 15 is 0 Å². The van der Waals surface area contributed by atoms with Crippen molar-refractivity contribution >= 4 is 33.0 Å². The van der Waals surface area contributed by atoms with Crippen molar-refractivity contribution in [2.75, 3.05) is 11.6 Å². The quantitative estimate of drug-likeness (QED) is 0.899. The molecule has 2 aromatic carbocycles. The zero-order valence-corrected chi connectivity index (χ0v) is 13.5. The van der Waals surface area contributed by atoms with Crippen molar-refractivity contribution in [3.63, 3.8) is 0 Å². The predicted molar refractivity (Wildman–Crippen MR) is 83.9 cm³/mol. The molecular formula is C15H12ClF2NO3S. The van der Waals surface area contributed by atoms with Crippen LogP contribution in [0.1, 0.15) is 22.3 Å². The first-order valence-electron chi connectivity index (χ1n) is 6.37. The Hall–Kier alpha value is -1.99. The highest BCUT2D eigenvalue weighted by Gasteiger charge is 2.16. The van der Waals surface area contributed by atoms with E-state index in [9.17, 15) is 22.0 Å². The Labute approximate surface area is 137 Å². The fourth-order valence-corrected chi connectivity index (χ4v) is 2.71. The second kappa shape index (κ2) is 6.64. The van der Waals surface area contributed by atoms with Crippen molar-refractivity contribution in [3.05, 3.63) is 58.6 Å². The molecule has 122 valence electrons. The topological polar surface area (TPSA) is 63.2 Å². The third-order valence-corrected chi connectivity index (χ3v) is 4.45. The van der Waals surface area contributed by atoms with Crippen LogP contribution in [-0.4, -0.2) is 20.6 Å². The van der Waals surface area contributed by atoms with E-state index in [4.69, 9.17) is 11.6 Å². The Morgan fingerprint density at radius 2 is 1.87 bits per heavy atom. The highest BCUT2D eigenvalue weighted by Crippen LogP contribution is 2.24. The van der Waals surface area contributed by atoms with Gasteiger partial charge in [-0.1, -0.05) is 23.7 Å². The normalized spacial score (nSPS) is 11.5. The predicted octanol–water partition coefficient (Wildman–Crippen LogP) is 3.93. The zero-order chi connectivity index (χ0) is 17.2. The Morgan fingerprint density at radius 1 is 1.17 bits per heavy atom. The van der Waals surface area contributed by atoms with Gasteiger partial charge in [0.25, 0.3) is 12.3 Å². The molecule has 2 aromatic rings. The summed E-state index contributed by atoms with van der Waals surface area (Å²) in [7, 11) is -3.50. The molecule has 0 heterocycles. The lowest BCUT2D eigenvalue weighted by Gasteiger charge is -2.09. The summed E-state index contributed by atoms with van der Waals surface area (Å²) in [6.45, 7) is 0. The number of amides is 1. The van der Waals surface area contributed by atoms with Gasteiger partial charge in [0.1, 0.15) is 0 Å². The minimum Gasteiger partial charge on any atom is -0.322 e. The molecule has 23 heavy (non-hydrogen) atoms. The average molecular weight is 360 g/mol. The van der Waals surface area contributed by atoms with Crippen LogP contribution < -0.4 is 5.32 Å². The van der Waals surface area contributed by atoms with Gasteiger partial charge in [-0.15, -0.1) is 0 Å². The Kier molecular flexibility index (Phi) is 5.01. The molecule has 0 fully saturated rings. The van der Waals surface area contributed by atoms with Crippen LogP contribution in [0.5, 0.6) is 0 Å². The summed E-state index contributed by atoms with van der Waals surface area (Å²) in [6.07, 6.45) is -1.66. The number of sulfone groups is 1. The van der Waals surface area contributed by atoms with Gasteiger partial charge in [0.2, 0.25) is 0 Å². The van der Waals surface area contributed by atoms with E-state index < -0.39 is 22.2 Å². The Bertz CT molecular complexity index is 854. The third kappa shape index (κ3) is 4.27. The van der Waals surface area contributed by atoms with Gasteiger partial charge in [-0.25, -0.2) is 17.2 Å². The van der Waals surface area contributed by atoms with E-state index in [0.717, 1.165) is 18.4 Å². The second-order valence-electron chi connectivity index (χ2n) is 4.79. The first kappa shape index (κ1) is 17.4. The molecule has 0 saturated carbocycles. The van der Waals surface area contributed by atoms with Gasteiger partial charge in [0.15, 0.2) is 9.84 Å². The van der Waals surface area contributed by atoms with E-state index in [-0.39, 0.29) is 26.7 Å². The number of carbonyl (C=O) groups excluding carboxylic acids is 1. The molecule has 1 N–H and O–H groups in total. The lowest BCUT2D eigenvalue weighted by molar-refractivity contribution is 0.102. The molecule has 0 saturated heterocycles. The van der Waals surface area contributed by atoms with Crippen LogP contribution in [0.25, 0.3) is 0 Å². The molecule has 0 spiro atoms. The minimum absolute atomic E-state index is 0.0555. The lowest BCUT2D eigenvalue weighted by Crippen LogP contribution is -2.13. The fourth-order valence-electron chi connectivity index (χ4n) is 1.86. The van der Waals surface area contributed by atoms with Crippen LogP contribution in [0.3, 0.4) is 0 Å². The largest absolute Gasteiger partial charge is 0.322 e. The number of nitrogens with one attached hydrogen (secondary N) is 1. The molecule has 0 aliphatic carbocycles. The molecule has 0 aliphatic rings. The minimum atomic E-state index is -3.50. The number of carbonyl (C=O) groups is 1. The van der Waals surface area contributed by atoms with E-state index in [1.807, 2.05) is 0 Å². The molecular weight excluding hydrogens is 348 g/mol. The van der Waals surface area contributed by atoms with Gasteiger partial charge in [0.05, 0.1) is 15.5 Å². The number of rotatable bonds is 4. The maximum absolute atomic E-state index is 12.7. The molecule has 1 amide bonds. The first-order chi connectivity index (χ1) is 10.7. The Balaban J connectivity index is 2.33. The van der Waals surface area contributed by atoms with E-state index in [1.165, 1.54) is 30.3 Å². The maximum Gasteiger partial charge on any atom is 0.263 e. The van der Waals surface area contributed by atoms with Gasteiger partial charge in [-0.3, -0.25) is 4.79 Å². The first-order valence-corrected chi connectivity index (χ1v) is 8.64. The van der Waals surface area contributed by atoms with E-state index in [0.29, 0.717) is 0 Å². The van der Waals surface area contributed by atoms with Crippen molar-refractivity contribution < 1.29 is 22.0 Å². The van der Waals surface area contributed by atoms with E-state index in [1.54, 1.807) is 0 Å². The average Bonchev–Trinajstić information content (AvgIpc) is 2.46. The van der Waals surface area contributed by atoms with Crippen molar-refractivity contribution in [1.29, 1.82) is 0 Å². The van der Waals surface area contributed by atoms with Crippen molar-refractivity contribution in [2.24, 2.45) is 0 Å². The van der Waals surface area contributed by atoms with Crippen LogP contribution in [-0.2, 0) is 9.84 Å². The molecule has 0 aromatic heterocycles. The smallest absolute Gasteiger partial charge is 0.263 e. The summed E-state index contributed by atoms with van der Waals surface area (Å²) in [5, 5.41) is 2.48. The highest BCUT2D eigenvalue weighted by molar-refractivity contribution is 7.90. The van der Waals surface area contributed by atoms with E-state index in [2.05, 4.69) is 5.32 Å². The zero-order valence-electron chi connectivity index (χ0n) is 11.9. The number of anilines is 1. The molecule has 4 nitrogen and oxygen atoms in total. The van der Waals surface area contributed by atoms with Crippen molar-refractivity contribution in [1.82, 2.24) is 0 Å². The standard InChI is InChI=1S/C15H12ClF2NO3S/c1-23(21,22)11-5-6-13(16)12(8-11)15(20)19-10-4-2-3-9(7-10)14(17)18/h2-8,14H,1H3,(H,19,20). The van der Waals surface area contributed by atoms with Crippen LogP contribution >= 0.6 is 11.6 Å². The van der Waals surface area contributed by atoms with Crippen LogP contribution in [0, 0.1) is 0 Å². The van der Waals surface area contributed by atoms with Crippen LogP contribution in [0.4, 0.5) is 14.5 Å². The molecule has 0 bridgehead atoms.